The van der Waals surface area contributed by atoms with Gasteiger partial charge in [-0.3, -0.25) is 9.69 Å². The van der Waals surface area contributed by atoms with Gasteiger partial charge in [-0.05, 0) is 43.0 Å². The summed E-state index contributed by atoms with van der Waals surface area (Å²) in [4.78, 5) is 15.5. The van der Waals surface area contributed by atoms with E-state index in [4.69, 9.17) is 0 Å². The quantitative estimate of drug-likeness (QED) is 0.848. The van der Waals surface area contributed by atoms with Gasteiger partial charge in [0.15, 0.2) is 0 Å². The number of nitrogens with one attached hydrogen (secondary N) is 1. The fourth-order valence-electron chi connectivity index (χ4n) is 2.24. The van der Waals surface area contributed by atoms with E-state index in [1.165, 1.54) is 16.0 Å². The van der Waals surface area contributed by atoms with Gasteiger partial charge in [-0.1, -0.05) is 37.3 Å². The lowest BCUT2D eigenvalue weighted by Gasteiger charge is -2.24. The Labute approximate surface area is 137 Å². The van der Waals surface area contributed by atoms with Gasteiger partial charge in [0.05, 0.1) is 12.6 Å². The smallest absolute Gasteiger partial charge is 0.237 e. The number of nitrogens with zero attached hydrogens (tertiary/aromatic N) is 1. The van der Waals surface area contributed by atoms with Gasteiger partial charge >= 0.3 is 0 Å². The van der Waals surface area contributed by atoms with E-state index in [0.717, 1.165) is 13.0 Å². The van der Waals surface area contributed by atoms with Crippen molar-refractivity contribution in [1.29, 1.82) is 0 Å². The number of aryl methyl sites for hydroxylation is 1. The molecule has 3 nitrogen and oxygen atoms in total. The van der Waals surface area contributed by atoms with Crippen molar-refractivity contribution in [1.82, 2.24) is 10.2 Å². The van der Waals surface area contributed by atoms with Crippen LogP contribution in [0.15, 0.2) is 41.8 Å². The number of rotatable bonds is 7. The van der Waals surface area contributed by atoms with E-state index in [1.54, 1.807) is 11.3 Å². The SMILES string of the molecule is CCc1ccc(CN(C)[C@@H](C)C(=O)NCc2cccs2)cc1. The first kappa shape index (κ1) is 16.7. The molecule has 1 aromatic carbocycles. The highest BCUT2D eigenvalue weighted by Crippen LogP contribution is 2.10. The Kier molecular flexibility index (Phi) is 6.16. The molecule has 118 valence electrons. The molecule has 1 heterocycles. The van der Waals surface area contributed by atoms with Gasteiger partial charge in [0.1, 0.15) is 0 Å². The topological polar surface area (TPSA) is 32.3 Å². The van der Waals surface area contributed by atoms with E-state index in [9.17, 15) is 4.79 Å². The van der Waals surface area contributed by atoms with Gasteiger partial charge in [0.25, 0.3) is 0 Å². The van der Waals surface area contributed by atoms with Gasteiger partial charge in [0.2, 0.25) is 5.91 Å². The van der Waals surface area contributed by atoms with Crippen LogP contribution in [-0.2, 0) is 24.3 Å². The highest BCUT2D eigenvalue weighted by molar-refractivity contribution is 7.09. The number of thiophene rings is 1. The Bertz CT molecular complexity index is 578. The zero-order valence-electron chi connectivity index (χ0n) is 13.5. The molecular formula is C18H24N2OS. The fraction of sp³-hybridized carbons (Fsp3) is 0.389. The van der Waals surface area contributed by atoms with Crippen molar-refractivity contribution < 1.29 is 4.79 Å². The molecule has 0 aliphatic rings. The molecule has 0 bridgehead atoms. The summed E-state index contributed by atoms with van der Waals surface area (Å²) in [5.41, 5.74) is 2.57. The monoisotopic (exact) mass is 316 g/mol. The molecule has 0 spiro atoms. The lowest BCUT2D eigenvalue weighted by atomic mass is 10.1. The number of likely N-dealkylation sites (N-methyl/N-ethyl adjacent to an activating group) is 1. The van der Waals surface area contributed by atoms with Crippen LogP contribution in [0.4, 0.5) is 0 Å². The second-order valence-electron chi connectivity index (χ2n) is 5.56. The molecule has 1 N–H and O–H groups in total. The largest absolute Gasteiger partial charge is 0.350 e. The fourth-order valence-corrected chi connectivity index (χ4v) is 2.89. The molecule has 1 aromatic heterocycles. The van der Waals surface area contributed by atoms with Crippen LogP contribution >= 0.6 is 11.3 Å². The molecule has 2 aromatic rings. The maximum absolute atomic E-state index is 12.2. The van der Waals surface area contributed by atoms with Crippen LogP contribution in [0.1, 0.15) is 29.9 Å². The molecule has 0 aliphatic carbocycles. The first-order chi connectivity index (χ1) is 10.6. The highest BCUT2D eigenvalue weighted by atomic mass is 32.1. The number of amides is 1. The summed E-state index contributed by atoms with van der Waals surface area (Å²) in [6.45, 7) is 5.49. The Morgan fingerprint density at radius 3 is 2.50 bits per heavy atom. The van der Waals surface area contributed by atoms with Crippen molar-refractivity contribution in [3.63, 3.8) is 0 Å². The Balaban J connectivity index is 1.84. The summed E-state index contributed by atoms with van der Waals surface area (Å²) in [5, 5.41) is 5.02. The Morgan fingerprint density at radius 1 is 1.23 bits per heavy atom. The second kappa shape index (κ2) is 8.11. The van der Waals surface area contributed by atoms with Crippen LogP contribution < -0.4 is 5.32 Å². The molecule has 0 aliphatic heterocycles. The second-order valence-corrected chi connectivity index (χ2v) is 6.59. The maximum Gasteiger partial charge on any atom is 0.237 e. The van der Waals surface area contributed by atoms with Crippen LogP contribution in [0.25, 0.3) is 0 Å². The van der Waals surface area contributed by atoms with E-state index in [-0.39, 0.29) is 11.9 Å². The van der Waals surface area contributed by atoms with Gasteiger partial charge in [-0.25, -0.2) is 0 Å². The summed E-state index contributed by atoms with van der Waals surface area (Å²) in [6.07, 6.45) is 1.05. The number of carbonyl (C=O) groups excluding carboxylic acids is 1. The third-order valence-corrected chi connectivity index (χ3v) is 4.80. The average molecular weight is 316 g/mol. The van der Waals surface area contributed by atoms with E-state index in [0.29, 0.717) is 6.54 Å². The summed E-state index contributed by atoms with van der Waals surface area (Å²) < 4.78 is 0. The predicted octanol–water partition coefficient (Wildman–Crippen LogP) is 3.45. The van der Waals surface area contributed by atoms with Crippen LogP contribution in [0.5, 0.6) is 0 Å². The van der Waals surface area contributed by atoms with Crippen molar-refractivity contribution in [2.45, 2.75) is 39.4 Å². The van der Waals surface area contributed by atoms with Crippen molar-refractivity contribution in [3.05, 3.63) is 57.8 Å². The van der Waals surface area contributed by atoms with Crippen LogP contribution in [0, 0.1) is 0 Å². The van der Waals surface area contributed by atoms with E-state index in [2.05, 4.69) is 41.4 Å². The predicted molar refractivity (Wildman–Crippen MR) is 92.9 cm³/mol. The Hall–Kier alpha value is -1.65. The van der Waals surface area contributed by atoms with Gasteiger partial charge in [0, 0.05) is 11.4 Å². The molecule has 0 saturated carbocycles. The normalized spacial score (nSPS) is 12.4. The molecular weight excluding hydrogens is 292 g/mol. The third-order valence-electron chi connectivity index (χ3n) is 3.92. The molecule has 4 heteroatoms. The minimum Gasteiger partial charge on any atom is -0.350 e. The molecule has 1 atom stereocenters. The lowest BCUT2D eigenvalue weighted by Crippen LogP contribution is -2.42. The van der Waals surface area contributed by atoms with Gasteiger partial charge in [-0.2, -0.15) is 0 Å². The zero-order chi connectivity index (χ0) is 15.9. The molecule has 2 rings (SSSR count). The molecule has 0 radical (unpaired) electrons. The average Bonchev–Trinajstić information content (AvgIpc) is 3.06. The van der Waals surface area contributed by atoms with Crippen molar-refractivity contribution >= 4 is 17.2 Å². The van der Waals surface area contributed by atoms with Crippen LogP contribution in [-0.4, -0.2) is 23.9 Å². The molecule has 0 saturated heterocycles. The number of hydrogen-bond acceptors (Lipinski definition) is 3. The third kappa shape index (κ3) is 4.68. The van der Waals surface area contributed by atoms with Gasteiger partial charge < -0.3 is 5.32 Å². The Morgan fingerprint density at radius 2 is 1.91 bits per heavy atom. The molecule has 1 amide bonds. The van der Waals surface area contributed by atoms with E-state index in [1.807, 2.05) is 31.5 Å². The number of benzene rings is 1. The standard InChI is InChI=1S/C18H24N2OS/c1-4-15-7-9-16(10-8-15)13-20(3)14(2)18(21)19-12-17-6-5-11-22-17/h5-11,14H,4,12-13H2,1-3H3,(H,19,21)/t14-/m0/s1. The number of carbonyl (C=O) groups is 1. The van der Waals surface area contributed by atoms with E-state index >= 15 is 0 Å². The number of hydrogen-bond donors (Lipinski definition) is 1. The summed E-state index contributed by atoms with van der Waals surface area (Å²) in [7, 11) is 1.99. The van der Waals surface area contributed by atoms with Crippen LogP contribution in [0.3, 0.4) is 0 Å². The first-order valence-electron chi connectivity index (χ1n) is 7.68. The van der Waals surface area contributed by atoms with Crippen molar-refractivity contribution in [3.8, 4) is 0 Å². The molecule has 0 unspecified atom stereocenters. The van der Waals surface area contributed by atoms with E-state index < -0.39 is 0 Å². The highest BCUT2D eigenvalue weighted by Gasteiger charge is 2.17. The van der Waals surface area contributed by atoms with Crippen LogP contribution in [0.2, 0.25) is 0 Å². The lowest BCUT2D eigenvalue weighted by molar-refractivity contribution is -0.125. The van der Waals surface area contributed by atoms with Crippen molar-refractivity contribution in [2.24, 2.45) is 0 Å². The summed E-state index contributed by atoms with van der Waals surface area (Å²) in [5.74, 6) is 0.0704. The maximum atomic E-state index is 12.2. The minimum absolute atomic E-state index is 0.0704. The molecule has 22 heavy (non-hydrogen) atoms. The molecule has 0 fully saturated rings. The minimum atomic E-state index is -0.147. The summed E-state index contributed by atoms with van der Waals surface area (Å²) in [6, 6.07) is 12.5. The first-order valence-corrected chi connectivity index (χ1v) is 8.56. The summed E-state index contributed by atoms with van der Waals surface area (Å²) >= 11 is 1.66. The van der Waals surface area contributed by atoms with Crippen molar-refractivity contribution in [2.75, 3.05) is 7.05 Å². The van der Waals surface area contributed by atoms with Gasteiger partial charge in [-0.15, -0.1) is 11.3 Å². The zero-order valence-corrected chi connectivity index (χ0v) is 14.3.